The van der Waals surface area contributed by atoms with Crippen molar-refractivity contribution < 1.29 is 22.3 Å². The van der Waals surface area contributed by atoms with E-state index in [9.17, 15) is 22.4 Å². The first-order valence-electron chi connectivity index (χ1n) is 12.9. The van der Waals surface area contributed by atoms with Gasteiger partial charge in [-0.2, -0.15) is 0 Å². The van der Waals surface area contributed by atoms with Gasteiger partial charge in [0.15, 0.2) is 0 Å². The van der Waals surface area contributed by atoms with Gasteiger partial charge in [0.25, 0.3) is 12.0 Å². The van der Waals surface area contributed by atoms with Crippen molar-refractivity contribution in [3.63, 3.8) is 0 Å². The summed E-state index contributed by atoms with van der Waals surface area (Å²) in [6, 6.07) is 3.09. The zero-order valence-electron chi connectivity index (χ0n) is 21.6. The molecule has 1 aliphatic carbocycles. The number of aromatic nitrogens is 3. The minimum Gasteiger partial charge on any atom is -0.377 e. The van der Waals surface area contributed by atoms with Crippen LogP contribution in [0.15, 0.2) is 29.2 Å². The predicted octanol–water partition coefficient (Wildman–Crippen LogP) is 5.42. The molecule has 0 unspecified atom stereocenters. The first kappa shape index (κ1) is 26.4. The lowest BCUT2D eigenvalue weighted by Gasteiger charge is -2.37. The van der Waals surface area contributed by atoms with Gasteiger partial charge in [0, 0.05) is 18.3 Å². The van der Waals surface area contributed by atoms with Crippen molar-refractivity contribution in [2.45, 2.75) is 64.1 Å². The number of hydrogen-bond acceptors (Lipinski definition) is 6. The molecule has 204 valence electrons. The molecule has 1 aromatic carbocycles. The van der Waals surface area contributed by atoms with Gasteiger partial charge >= 0.3 is 0 Å². The monoisotopic (exact) mass is 533 g/mol. The van der Waals surface area contributed by atoms with Crippen LogP contribution >= 0.6 is 0 Å². The Bertz CT molecular complexity index is 1410. The predicted molar refractivity (Wildman–Crippen MR) is 137 cm³/mol. The fourth-order valence-corrected chi connectivity index (χ4v) is 5.23. The molecule has 38 heavy (non-hydrogen) atoms. The van der Waals surface area contributed by atoms with E-state index in [-0.39, 0.29) is 17.2 Å². The average Bonchev–Trinajstić information content (AvgIpc) is 3.69. The molecule has 2 aliphatic rings. The lowest BCUT2D eigenvalue weighted by molar-refractivity contribution is 0.0929. The second-order valence-corrected chi connectivity index (χ2v) is 10.1. The Morgan fingerprint density at radius 2 is 1.97 bits per heavy atom. The lowest BCUT2D eigenvalue weighted by atomic mass is 10.0. The number of morpholine rings is 1. The van der Waals surface area contributed by atoms with Gasteiger partial charge in [-0.15, -0.1) is 0 Å². The minimum atomic E-state index is -2.95. The van der Waals surface area contributed by atoms with E-state index in [1.54, 1.807) is 20.0 Å². The van der Waals surface area contributed by atoms with E-state index in [4.69, 9.17) is 4.74 Å². The molecule has 0 spiro atoms. The Morgan fingerprint density at radius 3 is 2.63 bits per heavy atom. The molecule has 1 saturated carbocycles. The van der Waals surface area contributed by atoms with Crippen molar-refractivity contribution in [3.8, 4) is 0 Å². The average molecular weight is 534 g/mol. The second-order valence-electron chi connectivity index (χ2n) is 10.1. The van der Waals surface area contributed by atoms with Crippen LogP contribution in [0, 0.1) is 12.7 Å². The highest BCUT2D eigenvalue weighted by molar-refractivity contribution is 5.97. The zero-order chi connectivity index (χ0) is 27.2. The zero-order valence-corrected chi connectivity index (χ0v) is 21.6. The Labute approximate surface area is 217 Å². The van der Waals surface area contributed by atoms with Crippen molar-refractivity contribution in [2.24, 2.45) is 0 Å². The van der Waals surface area contributed by atoms with Gasteiger partial charge in [-0.1, -0.05) is 25.1 Å². The molecule has 7 nitrogen and oxygen atoms in total. The molecule has 2 aromatic heterocycles. The summed E-state index contributed by atoms with van der Waals surface area (Å²) in [5, 5.41) is 3.63. The number of hydrogen-bond donors (Lipinski definition) is 1. The standard InChI is InChI=1S/C27H31F4N5O2/c1-4-17-13-38-11-10-35(17)23-22-20(12-36(26(23)37)27(14-28)8-9-27)25(34-16(3)33-22)32-15(2)18-6-5-7-19(21(18)29)24(30)31/h5-7,12,15,17,24H,4,8-11,13-14H2,1-3H3,(H,32,33,34)/t15-,17+/m1/s1. The highest BCUT2D eigenvalue weighted by Crippen LogP contribution is 2.44. The van der Waals surface area contributed by atoms with E-state index in [1.807, 2.05) is 11.8 Å². The summed E-state index contributed by atoms with van der Waals surface area (Å²) in [7, 11) is 0. The molecule has 3 heterocycles. The number of nitrogens with zero attached hydrogens (tertiary/aromatic N) is 4. The first-order valence-corrected chi connectivity index (χ1v) is 12.9. The molecule has 1 aliphatic heterocycles. The normalized spacial score (nSPS) is 19.7. The van der Waals surface area contributed by atoms with E-state index in [2.05, 4.69) is 15.3 Å². The summed E-state index contributed by atoms with van der Waals surface area (Å²) >= 11 is 0. The maximum absolute atomic E-state index is 14.9. The molecule has 1 saturated heterocycles. The Hall–Kier alpha value is -3.21. The molecule has 2 fully saturated rings. The van der Waals surface area contributed by atoms with Crippen molar-refractivity contribution in [2.75, 3.05) is 36.6 Å². The molecule has 5 rings (SSSR count). The molecular formula is C27H31F4N5O2. The summed E-state index contributed by atoms with van der Waals surface area (Å²) in [6.45, 7) is 6.02. The third-order valence-electron chi connectivity index (χ3n) is 7.65. The summed E-state index contributed by atoms with van der Waals surface area (Å²) in [6.07, 6.45) is 0.431. The van der Waals surface area contributed by atoms with Crippen LogP contribution in [0.3, 0.4) is 0 Å². The SMILES string of the molecule is CC[C@H]1COCCN1c1c(=O)n(C2(CF)CC2)cc2c(N[C@H](C)c3cccc(C(F)F)c3F)nc(C)nc12. The molecule has 0 amide bonds. The quantitative estimate of drug-likeness (QED) is 0.390. The molecule has 2 atom stereocenters. The van der Waals surface area contributed by atoms with E-state index >= 15 is 0 Å². The molecular weight excluding hydrogens is 502 g/mol. The molecule has 0 bridgehead atoms. The van der Waals surface area contributed by atoms with Crippen molar-refractivity contribution in [1.82, 2.24) is 14.5 Å². The molecule has 11 heteroatoms. The largest absolute Gasteiger partial charge is 0.377 e. The van der Waals surface area contributed by atoms with Crippen LogP contribution < -0.4 is 15.8 Å². The highest BCUT2D eigenvalue weighted by Gasteiger charge is 2.46. The van der Waals surface area contributed by atoms with E-state index in [0.717, 1.165) is 12.5 Å². The molecule has 0 radical (unpaired) electrons. The number of rotatable bonds is 8. The summed E-state index contributed by atoms with van der Waals surface area (Å²) < 4.78 is 62.9. The smallest absolute Gasteiger partial charge is 0.277 e. The minimum absolute atomic E-state index is 0.0578. The van der Waals surface area contributed by atoms with Crippen LogP contribution in [0.4, 0.5) is 29.1 Å². The van der Waals surface area contributed by atoms with Crippen molar-refractivity contribution >= 4 is 22.4 Å². The number of benzene rings is 1. The number of pyridine rings is 1. The van der Waals surface area contributed by atoms with Crippen LogP contribution in [0.5, 0.6) is 0 Å². The van der Waals surface area contributed by atoms with Crippen molar-refractivity contribution in [3.05, 3.63) is 57.5 Å². The van der Waals surface area contributed by atoms with E-state index < -0.39 is 36.1 Å². The summed E-state index contributed by atoms with van der Waals surface area (Å²) in [4.78, 5) is 25.1. The van der Waals surface area contributed by atoms with Crippen LogP contribution in [0.1, 0.15) is 62.5 Å². The Morgan fingerprint density at radius 1 is 1.24 bits per heavy atom. The first-order chi connectivity index (χ1) is 18.2. The summed E-state index contributed by atoms with van der Waals surface area (Å²) in [5.74, 6) is -0.295. The number of alkyl halides is 3. The Balaban J connectivity index is 1.69. The number of nitrogens with one attached hydrogen (secondary N) is 1. The van der Waals surface area contributed by atoms with Gasteiger partial charge in [0.05, 0.1) is 41.8 Å². The maximum atomic E-state index is 14.9. The van der Waals surface area contributed by atoms with Gasteiger partial charge in [0.2, 0.25) is 0 Å². The third-order valence-corrected chi connectivity index (χ3v) is 7.65. The second kappa shape index (κ2) is 10.2. The van der Waals surface area contributed by atoms with Crippen LogP contribution in [0.2, 0.25) is 0 Å². The summed E-state index contributed by atoms with van der Waals surface area (Å²) in [5.41, 5.74) is -1.08. The number of fused-ring (bicyclic) bond motifs is 1. The van der Waals surface area contributed by atoms with Gasteiger partial charge < -0.3 is 19.5 Å². The van der Waals surface area contributed by atoms with Gasteiger partial charge in [-0.05, 0) is 33.1 Å². The van der Waals surface area contributed by atoms with Crippen molar-refractivity contribution in [1.29, 1.82) is 0 Å². The van der Waals surface area contributed by atoms with Crippen LogP contribution in [0.25, 0.3) is 10.9 Å². The van der Waals surface area contributed by atoms with E-state index in [1.165, 1.54) is 16.7 Å². The number of halogens is 4. The maximum Gasteiger partial charge on any atom is 0.277 e. The van der Waals surface area contributed by atoms with Gasteiger partial charge in [-0.3, -0.25) is 4.79 Å². The molecule has 3 aromatic rings. The number of ether oxygens (including phenoxy) is 1. The van der Waals surface area contributed by atoms with Gasteiger partial charge in [-0.25, -0.2) is 27.5 Å². The fourth-order valence-electron chi connectivity index (χ4n) is 5.23. The van der Waals surface area contributed by atoms with Gasteiger partial charge in [0.1, 0.15) is 35.3 Å². The van der Waals surface area contributed by atoms with Crippen LogP contribution in [-0.4, -0.2) is 47.0 Å². The topological polar surface area (TPSA) is 72.3 Å². The van der Waals surface area contributed by atoms with E-state index in [0.29, 0.717) is 60.8 Å². The highest BCUT2D eigenvalue weighted by atomic mass is 19.3. The number of aryl methyl sites for hydroxylation is 1. The lowest BCUT2D eigenvalue weighted by Crippen LogP contribution is -2.48. The third kappa shape index (κ3) is 4.50. The fraction of sp³-hybridized carbons (Fsp3) is 0.519. The molecule has 1 N–H and O–H groups in total. The Kier molecular flexibility index (Phi) is 7.06. The van der Waals surface area contributed by atoms with Crippen LogP contribution in [-0.2, 0) is 10.3 Å². The number of anilines is 2.